The summed E-state index contributed by atoms with van der Waals surface area (Å²) in [7, 11) is 0. The van der Waals surface area contributed by atoms with Gasteiger partial charge in [0.1, 0.15) is 17.4 Å². The largest absolute Gasteiger partial charge is 0.492 e. The van der Waals surface area contributed by atoms with Crippen molar-refractivity contribution in [2.45, 2.75) is 13.0 Å². The minimum atomic E-state index is -0.526. The van der Waals surface area contributed by atoms with Crippen LogP contribution in [0.15, 0.2) is 48.2 Å². The van der Waals surface area contributed by atoms with Gasteiger partial charge in [0.05, 0.1) is 24.8 Å². The molecule has 4 rings (SSSR count). The predicted octanol–water partition coefficient (Wildman–Crippen LogP) is 3.84. The van der Waals surface area contributed by atoms with E-state index in [1.165, 1.54) is 11.3 Å². The van der Waals surface area contributed by atoms with E-state index >= 15 is 0 Å². The van der Waals surface area contributed by atoms with Gasteiger partial charge in [-0.2, -0.15) is 5.26 Å². The van der Waals surface area contributed by atoms with Gasteiger partial charge in [-0.25, -0.2) is 0 Å². The lowest BCUT2D eigenvalue weighted by atomic mass is 10.2. The van der Waals surface area contributed by atoms with Gasteiger partial charge in [0.25, 0.3) is 5.91 Å². The number of amides is 1. The summed E-state index contributed by atoms with van der Waals surface area (Å²) in [5, 5.41) is 22.0. The fraction of sp³-hybridized carbons (Fsp3) is 0.304. The Morgan fingerprint density at radius 3 is 2.88 bits per heavy atom. The second-order valence-corrected chi connectivity index (χ2v) is 8.74. The van der Waals surface area contributed by atoms with E-state index in [2.05, 4.69) is 20.4 Å². The third-order valence-electron chi connectivity index (χ3n) is 5.08. The van der Waals surface area contributed by atoms with E-state index in [1.54, 1.807) is 12.1 Å². The number of anilines is 2. The van der Waals surface area contributed by atoms with E-state index in [0.29, 0.717) is 47.4 Å². The van der Waals surface area contributed by atoms with Crippen molar-refractivity contribution in [2.24, 2.45) is 0 Å². The average Bonchev–Trinajstić information content (AvgIpc) is 3.51. The molecule has 3 aromatic rings. The topological polar surface area (TPSA) is 105 Å². The molecule has 1 saturated heterocycles. The molecule has 1 fully saturated rings. The van der Waals surface area contributed by atoms with Crippen molar-refractivity contribution < 1.29 is 14.3 Å². The van der Waals surface area contributed by atoms with Crippen LogP contribution in [0.4, 0.5) is 10.3 Å². The van der Waals surface area contributed by atoms with Crippen LogP contribution >= 0.6 is 22.9 Å². The summed E-state index contributed by atoms with van der Waals surface area (Å²) in [6, 6.07) is 13.0. The van der Waals surface area contributed by atoms with Crippen LogP contribution in [0.5, 0.6) is 5.75 Å². The Bertz CT molecular complexity index is 1200. The first-order chi connectivity index (χ1) is 16.6. The second-order valence-electron chi connectivity index (χ2n) is 7.37. The van der Waals surface area contributed by atoms with E-state index in [4.69, 9.17) is 21.1 Å². The summed E-state index contributed by atoms with van der Waals surface area (Å²) in [4.78, 5) is 14.7. The summed E-state index contributed by atoms with van der Waals surface area (Å²) < 4.78 is 13.0. The van der Waals surface area contributed by atoms with Crippen molar-refractivity contribution in [1.29, 1.82) is 5.26 Å². The monoisotopic (exact) mass is 498 g/mol. The lowest BCUT2D eigenvalue weighted by Crippen LogP contribution is -2.36. The highest BCUT2D eigenvalue weighted by Gasteiger charge is 2.18. The van der Waals surface area contributed by atoms with Crippen LogP contribution in [0.3, 0.4) is 0 Å². The maximum absolute atomic E-state index is 12.7. The molecule has 0 radical (unpaired) electrons. The molecule has 0 atom stereocenters. The number of aromatic nitrogens is 3. The molecule has 0 spiro atoms. The van der Waals surface area contributed by atoms with Crippen molar-refractivity contribution in [3.05, 3.63) is 58.9 Å². The number of ether oxygens (including phenoxy) is 2. The van der Waals surface area contributed by atoms with Gasteiger partial charge in [-0.1, -0.05) is 35.1 Å². The van der Waals surface area contributed by atoms with Crippen molar-refractivity contribution in [3.8, 4) is 11.8 Å². The highest BCUT2D eigenvalue weighted by molar-refractivity contribution is 7.19. The van der Waals surface area contributed by atoms with Crippen LogP contribution in [0, 0.1) is 11.3 Å². The summed E-state index contributed by atoms with van der Waals surface area (Å²) >= 11 is 7.38. The van der Waals surface area contributed by atoms with Gasteiger partial charge >= 0.3 is 0 Å². The Balaban J connectivity index is 1.34. The number of nitrogens with one attached hydrogen (secondary N) is 1. The van der Waals surface area contributed by atoms with Crippen molar-refractivity contribution >= 4 is 45.2 Å². The predicted molar refractivity (Wildman–Crippen MR) is 131 cm³/mol. The number of rotatable bonds is 9. The van der Waals surface area contributed by atoms with E-state index in [9.17, 15) is 10.1 Å². The van der Waals surface area contributed by atoms with E-state index in [1.807, 2.05) is 47.2 Å². The van der Waals surface area contributed by atoms with Crippen LogP contribution in [0.1, 0.15) is 12.1 Å². The Hall–Kier alpha value is -3.39. The zero-order valence-corrected chi connectivity index (χ0v) is 19.9. The molecular formula is C23H23ClN6O3S. The molecular weight excluding hydrogens is 476 g/mol. The minimum absolute atomic E-state index is 0.0182. The van der Waals surface area contributed by atoms with Crippen molar-refractivity contribution in [3.63, 3.8) is 0 Å². The van der Waals surface area contributed by atoms with Gasteiger partial charge in [0, 0.05) is 31.5 Å². The molecule has 0 aliphatic carbocycles. The fourth-order valence-electron chi connectivity index (χ4n) is 3.35. The van der Waals surface area contributed by atoms with Gasteiger partial charge in [-0.15, -0.1) is 10.2 Å². The molecule has 0 bridgehead atoms. The number of nitrogens with zero attached hydrogens (tertiary/aromatic N) is 5. The first kappa shape index (κ1) is 23.8. The maximum Gasteiger partial charge on any atom is 0.268 e. The van der Waals surface area contributed by atoms with Gasteiger partial charge < -0.3 is 18.9 Å². The molecule has 1 aliphatic rings. The number of halogens is 1. The van der Waals surface area contributed by atoms with Crippen molar-refractivity contribution in [1.82, 2.24) is 14.8 Å². The lowest BCUT2D eigenvalue weighted by molar-refractivity contribution is -0.112. The zero-order valence-electron chi connectivity index (χ0n) is 18.3. The molecule has 2 aromatic heterocycles. The molecule has 9 nitrogen and oxygen atoms in total. The Kier molecular flexibility index (Phi) is 8.14. The van der Waals surface area contributed by atoms with Crippen LogP contribution in [-0.4, -0.2) is 53.6 Å². The third kappa shape index (κ3) is 6.14. The summed E-state index contributed by atoms with van der Waals surface area (Å²) in [6.45, 7) is 3.86. The number of hydrogen-bond donors (Lipinski definition) is 1. The van der Waals surface area contributed by atoms with Gasteiger partial charge in [-0.05, 0) is 36.8 Å². The molecule has 0 unspecified atom stereocenters. The number of hydrogen-bond acceptors (Lipinski definition) is 8. The Morgan fingerprint density at radius 2 is 2.09 bits per heavy atom. The first-order valence-corrected chi connectivity index (χ1v) is 12.0. The zero-order chi connectivity index (χ0) is 23.8. The van der Waals surface area contributed by atoms with Crippen LogP contribution < -0.4 is 15.0 Å². The van der Waals surface area contributed by atoms with Crippen molar-refractivity contribution in [2.75, 3.05) is 43.1 Å². The average molecular weight is 499 g/mol. The minimum Gasteiger partial charge on any atom is -0.492 e. The van der Waals surface area contributed by atoms with Crippen LogP contribution in [0.25, 0.3) is 6.08 Å². The fourth-order valence-corrected chi connectivity index (χ4v) is 4.33. The number of carbonyl (C=O) groups is 1. The second kappa shape index (κ2) is 11.7. The third-order valence-corrected chi connectivity index (χ3v) is 6.29. The number of carbonyl (C=O) groups excluding carboxylic acids is 1. The SMILES string of the molecule is N#C/C(=C/c1cccn1CCCOc1ccccc1Cl)C(=O)Nc1nnc(N2CCOCC2)s1. The molecule has 1 amide bonds. The standard InChI is InChI=1S/C23H23ClN6O3S/c24-19-6-1-2-7-20(19)33-12-4-9-29-8-3-5-18(29)15-17(16-25)21(31)26-22-27-28-23(34-22)30-10-13-32-14-11-30/h1-3,5-8,15H,4,9-14H2,(H,26,27,31)/b17-15-. The molecule has 176 valence electrons. The molecule has 11 heteroatoms. The van der Waals surface area contributed by atoms with Gasteiger partial charge in [0.15, 0.2) is 0 Å². The summed E-state index contributed by atoms with van der Waals surface area (Å²) in [6.07, 6.45) is 4.19. The number of morpholine rings is 1. The maximum atomic E-state index is 12.7. The summed E-state index contributed by atoms with van der Waals surface area (Å²) in [5.74, 6) is 0.121. The van der Waals surface area contributed by atoms with Crippen LogP contribution in [0.2, 0.25) is 5.02 Å². The number of benzene rings is 1. The Morgan fingerprint density at radius 1 is 1.26 bits per heavy atom. The number of nitriles is 1. The highest BCUT2D eigenvalue weighted by atomic mass is 35.5. The quantitative estimate of drug-likeness (QED) is 0.271. The molecule has 1 aliphatic heterocycles. The van der Waals surface area contributed by atoms with E-state index in [0.717, 1.165) is 25.2 Å². The molecule has 0 saturated carbocycles. The molecule has 1 aromatic carbocycles. The smallest absolute Gasteiger partial charge is 0.268 e. The normalized spacial score (nSPS) is 14.0. The highest BCUT2D eigenvalue weighted by Crippen LogP contribution is 2.25. The molecule has 3 heterocycles. The van der Waals surface area contributed by atoms with Crippen LogP contribution in [-0.2, 0) is 16.1 Å². The molecule has 1 N–H and O–H groups in total. The van der Waals surface area contributed by atoms with Gasteiger partial charge in [-0.3, -0.25) is 10.1 Å². The van der Waals surface area contributed by atoms with Gasteiger partial charge in [0.2, 0.25) is 10.3 Å². The van der Waals surface area contributed by atoms with E-state index in [-0.39, 0.29) is 5.57 Å². The number of para-hydroxylation sites is 1. The Labute approximate surface area is 206 Å². The number of aryl methyl sites for hydroxylation is 1. The lowest BCUT2D eigenvalue weighted by Gasteiger charge is -2.25. The first-order valence-electron chi connectivity index (χ1n) is 10.8. The van der Waals surface area contributed by atoms with E-state index < -0.39 is 5.91 Å². The molecule has 34 heavy (non-hydrogen) atoms. The summed E-state index contributed by atoms with van der Waals surface area (Å²) in [5.41, 5.74) is 0.728.